The zero-order valence-electron chi connectivity index (χ0n) is 15.8. The van der Waals surface area contributed by atoms with E-state index in [1.54, 1.807) is 34.9 Å². The number of fused-ring (bicyclic) bond motifs is 2. The van der Waals surface area contributed by atoms with Crippen LogP contribution in [-0.4, -0.2) is 25.4 Å². The van der Waals surface area contributed by atoms with Gasteiger partial charge in [-0.15, -0.1) is 0 Å². The monoisotopic (exact) mass is 405 g/mol. The van der Waals surface area contributed by atoms with Crippen molar-refractivity contribution in [2.75, 3.05) is 18.1 Å². The van der Waals surface area contributed by atoms with Crippen LogP contribution in [0.25, 0.3) is 0 Å². The number of carbonyl (C=O) groups excluding carboxylic acids is 2. The summed E-state index contributed by atoms with van der Waals surface area (Å²) in [6.07, 6.45) is 0.747. The number of amides is 1. The standard InChI is InChI=1S/C23H19NO4S/c1-2-27-20-13-16(14-25)11-12-19(20)28-15-23(26)24-17-7-3-5-9-21(17)29-22-10-6-4-8-18(22)24/h3-14H,2,15H2,1H3. The van der Waals surface area contributed by atoms with Gasteiger partial charge < -0.3 is 9.47 Å². The van der Waals surface area contributed by atoms with Gasteiger partial charge in [-0.3, -0.25) is 14.5 Å². The van der Waals surface area contributed by atoms with Crippen LogP contribution in [0.3, 0.4) is 0 Å². The quantitative estimate of drug-likeness (QED) is 0.534. The van der Waals surface area contributed by atoms with E-state index in [0.29, 0.717) is 23.7 Å². The molecule has 0 saturated carbocycles. The first kappa shape index (κ1) is 19.1. The van der Waals surface area contributed by atoms with Crippen molar-refractivity contribution in [1.29, 1.82) is 0 Å². The van der Waals surface area contributed by atoms with Crippen LogP contribution in [0.15, 0.2) is 76.5 Å². The van der Waals surface area contributed by atoms with E-state index in [9.17, 15) is 9.59 Å². The normalized spacial score (nSPS) is 12.0. The first-order valence-corrected chi connectivity index (χ1v) is 10.1. The average Bonchev–Trinajstić information content (AvgIpc) is 2.76. The molecule has 0 radical (unpaired) electrons. The molecule has 1 aliphatic rings. The maximum Gasteiger partial charge on any atom is 0.269 e. The van der Waals surface area contributed by atoms with Gasteiger partial charge in [0.2, 0.25) is 0 Å². The zero-order valence-corrected chi connectivity index (χ0v) is 16.6. The molecule has 1 amide bonds. The fraction of sp³-hybridized carbons (Fsp3) is 0.130. The van der Waals surface area contributed by atoms with Crippen molar-refractivity contribution < 1.29 is 19.1 Å². The first-order valence-electron chi connectivity index (χ1n) is 9.25. The van der Waals surface area contributed by atoms with E-state index in [0.717, 1.165) is 27.5 Å². The van der Waals surface area contributed by atoms with E-state index in [4.69, 9.17) is 9.47 Å². The SMILES string of the molecule is CCOc1cc(C=O)ccc1OCC(=O)N1c2ccccc2Sc2ccccc21. The van der Waals surface area contributed by atoms with Crippen molar-refractivity contribution in [3.8, 4) is 11.5 Å². The third-order valence-corrected chi connectivity index (χ3v) is 5.57. The molecule has 0 bridgehead atoms. The lowest BCUT2D eigenvalue weighted by Gasteiger charge is -2.31. The van der Waals surface area contributed by atoms with Crippen LogP contribution in [0.1, 0.15) is 17.3 Å². The Morgan fingerprint density at radius 2 is 1.59 bits per heavy atom. The van der Waals surface area contributed by atoms with Gasteiger partial charge in [0.25, 0.3) is 5.91 Å². The molecule has 0 fully saturated rings. The van der Waals surface area contributed by atoms with Crippen LogP contribution in [0.2, 0.25) is 0 Å². The van der Waals surface area contributed by atoms with Crippen LogP contribution in [0, 0.1) is 0 Å². The molecular formula is C23H19NO4S. The number of anilines is 2. The van der Waals surface area contributed by atoms with Gasteiger partial charge in [0.05, 0.1) is 18.0 Å². The van der Waals surface area contributed by atoms with Crippen molar-refractivity contribution >= 4 is 35.3 Å². The van der Waals surface area contributed by atoms with Crippen LogP contribution in [0.5, 0.6) is 11.5 Å². The molecule has 5 nitrogen and oxygen atoms in total. The van der Waals surface area contributed by atoms with E-state index in [2.05, 4.69) is 0 Å². The molecule has 1 aliphatic heterocycles. The predicted octanol–water partition coefficient (Wildman–Crippen LogP) is 5.11. The summed E-state index contributed by atoms with van der Waals surface area (Å²) < 4.78 is 11.4. The topological polar surface area (TPSA) is 55.8 Å². The predicted molar refractivity (Wildman–Crippen MR) is 113 cm³/mol. The third-order valence-electron chi connectivity index (χ3n) is 4.44. The lowest BCUT2D eigenvalue weighted by molar-refractivity contribution is -0.119. The van der Waals surface area contributed by atoms with Crippen molar-refractivity contribution in [3.05, 3.63) is 72.3 Å². The summed E-state index contributed by atoms with van der Waals surface area (Å²) in [5.74, 6) is 0.686. The Bertz CT molecular complexity index is 1020. The maximum atomic E-state index is 13.2. The van der Waals surface area contributed by atoms with Crippen molar-refractivity contribution in [3.63, 3.8) is 0 Å². The molecule has 0 aromatic heterocycles. The molecule has 3 aromatic carbocycles. The molecule has 0 spiro atoms. The average molecular weight is 405 g/mol. The fourth-order valence-electron chi connectivity index (χ4n) is 3.16. The number of ether oxygens (including phenoxy) is 2. The van der Waals surface area contributed by atoms with Crippen LogP contribution >= 0.6 is 11.8 Å². The summed E-state index contributed by atoms with van der Waals surface area (Å²) in [4.78, 5) is 27.9. The Balaban J connectivity index is 1.61. The second-order valence-electron chi connectivity index (χ2n) is 6.31. The van der Waals surface area contributed by atoms with Crippen molar-refractivity contribution in [2.24, 2.45) is 0 Å². The van der Waals surface area contributed by atoms with Crippen molar-refractivity contribution in [1.82, 2.24) is 0 Å². The number of rotatable bonds is 6. The van der Waals surface area contributed by atoms with E-state index in [1.165, 1.54) is 0 Å². The molecule has 0 N–H and O–H groups in total. The third kappa shape index (κ3) is 3.84. The maximum absolute atomic E-state index is 13.2. The molecule has 29 heavy (non-hydrogen) atoms. The number of nitrogens with zero attached hydrogens (tertiary/aromatic N) is 1. The Kier molecular flexibility index (Phi) is 5.53. The number of aldehydes is 1. The minimum Gasteiger partial charge on any atom is -0.490 e. The molecule has 4 rings (SSSR count). The van der Waals surface area contributed by atoms with E-state index >= 15 is 0 Å². The highest BCUT2D eigenvalue weighted by atomic mass is 32.2. The Morgan fingerprint density at radius 3 is 2.21 bits per heavy atom. The van der Waals surface area contributed by atoms with Gasteiger partial charge in [-0.25, -0.2) is 0 Å². The second kappa shape index (κ2) is 8.41. The van der Waals surface area contributed by atoms with Crippen molar-refractivity contribution in [2.45, 2.75) is 16.7 Å². The number of para-hydroxylation sites is 2. The van der Waals surface area contributed by atoms with Crippen LogP contribution < -0.4 is 14.4 Å². The van der Waals surface area contributed by atoms with E-state index in [-0.39, 0.29) is 12.5 Å². The van der Waals surface area contributed by atoms with Crippen LogP contribution in [-0.2, 0) is 4.79 Å². The highest BCUT2D eigenvalue weighted by Crippen LogP contribution is 2.47. The highest BCUT2D eigenvalue weighted by Gasteiger charge is 2.28. The summed E-state index contributed by atoms with van der Waals surface area (Å²) in [7, 11) is 0. The van der Waals surface area contributed by atoms with E-state index in [1.807, 2.05) is 55.5 Å². The fourth-order valence-corrected chi connectivity index (χ4v) is 4.22. The summed E-state index contributed by atoms with van der Waals surface area (Å²) in [6.45, 7) is 2.12. The Labute approximate surface area is 173 Å². The number of hydrogen-bond donors (Lipinski definition) is 0. The Hall–Kier alpha value is -3.25. The number of carbonyl (C=O) groups is 2. The molecule has 0 unspecified atom stereocenters. The van der Waals surface area contributed by atoms with Gasteiger partial charge in [-0.2, -0.15) is 0 Å². The summed E-state index contributed by atoms with van der Waals surface area (Å²) in [6, 6.07) is 20.5. The molecule has 1 heterocycles. The number of hydrogen-bond acceptors (Lipinski definition) is 5. The summed E-state index contributed by atoms with van der Waals surface area (Å²) in [5.41, 5.74) is 2.17. The number of benzene rings is 3. The van der Waals surface area contributed by atoms with Gasteiger partial charge in [0, 0.05) is 15.4 Å². The van der Waals surface area contributed by atoms with Gasteiger partial charge in [-0.1, -0.05) is 36.0 Å². The molecule has 0 saturated heterocycles. The van der Waals surface area contributed by atoms with Gasteiger partial charge in [0.15, 0.2) is 18.1 Å². The molecule has 146 valence electrons. The first-order chi connectivity index (χ1) is 14.2. The second-order valence-corrected chi connectivity index (χ2v) is 7.40. The van der Waals surface area contributed by atoms with E-state index < -0.39 is 0 Å². The zero-order chi connectivity index (χ0) is 20.2. The van der Waals surface area contributed by atoms with Gasteiger partial charge in [0.1, 0.15) is 6.29 Å². The largest absolute Gasteiger partial charge is 0.490 e. The minimum absolute atomic E-state index is 0.159. The lowest BCUT2D eigenvalue weighted by atomic mass is 10.2. The highest BCUT2D eigenvalue weighted by molar-refractivity contribution is 7.99. The molecule has 3 aromatic rings. The molecule has 0 atom stereocenters. The molecule has 6 heteroatoms. The lowest BCUT2D eigenvalue weighted by Crippen LogP contribution is -2.32. The van der Waals surface area contributed by atoms with Gasteiger partial charge >= 0.3 is 0 Å². The molecular weight excluding hydrogens is 386 g/mol. The van der Waals surface area contributed by atoms with Crippen LogP contribution in [0.4, 0.5) is 11.4 Å². The Morgan fingerprint density at radius 1 is 0.931 bits per heavy atom. The van der Waals surface area contributed by atoms with Gasteiger partial charge in [-0.05, 0) is 49.4 Å². The smallest absolute Gasteiger partial charge is 0.269 e. The molecule has 0 aliphatic carbocycles. The summed E-state index contributed by atoms with van der Waals surface area (Å²) >= 11 is 1.64. The minimum atomic E-state index is -0.188. The summed E-state index contributed by atoms with van der Waals surface area (Å²) in [5, 5.41) is 0.